The maximum atomic E-state index is 12.8. The molecule has 35 heavy (non-hydrogen) atoms. The summed E-state index contributed by atoms with van der Waals surface area (Å²) in [7, 11) is 0. The van der Waals surface area contributed by atoms with Gasteiger partial charge in [-0.2, -0.15) is 5.26 Å². The summed E-state index contributed by atoms with van der Waals surface area (Å²) in [5, 5.41) is 9.81. The zero-order valence-corrected chi connectivity index (χ0v) is 21.4. The summed E-state index contributed by atoms with van der Waals surface area (Å²) >= 11 is 0. The van der Waals surface area contributed by atoms with E-state index in [2.05, 4.69) is 24.9 Å². The molecule has 0 radical (unpaired) electrons. The van der Waals surface area contributed by atoms with Crippen LogP contribution >= 0.6 is 0 Å². The molecule has 0 aliphatic heterocycles. The number of nitriles is 1. The summed E-state index contributed by atoms with van der Waals surface area (Å²) in [5.74, 6) is 1.01. The maximum absolute atomic E-state index is 12.8. The van der Waals surface area contributed by atoms with Gasteiger partial charge in [0.15, 0.2) is 0 Å². The van der Waals surface area contributed by atoms with E-state index in [-0.39, 0.29) is 17.3 Å². The van der Waals surface area contributed by atoms with Crippen LogP contribution in [-0.2, 0) is 4.79 Å². The van der Waals surface area contributed by atoms with Crippen LogP contribution in [0.25, 0.3) is 11.3 Å². The van der Waals surface area contributed by atoms with Crippen LogP contribution in [0.3, 0.4) is 0 Å². The first-order valence-electron chi connectivity index (χ1n) is 13.4. The number of pyridine rings is 1. The average molecular weight is 477 g/mol. The molecule has 5 heteroatoms. The van der Waals surface area contributed by atoms with Gasteiger partial charge in [-0.15, -0.1) is 0 Å². The van der Waals surface area contributed by atoms with Gasteiger partial charge in [-0.1, -0.05) is 52.4 Å². The Balaban J connectivity index is 1.47. The van der Waals surface area contributed by atoms with Crippen LogP contribution in [0.2, 0.25) is 0 Å². The van der Waals surface area contributed by atoms with Gasteiger partial charge in [-0.3, -0.25) is 9.78 Å². The van der Waals surface area contributed by atoms with Crippen LogP contribution in [0.5, 0.6) is 11.5 Å². The molecule has 1 saturated carbocycles. The van der Waals surface area contributed by atoms with E-state index in [1.807, 2.05) is 36.4 Å². The number of rotatable bonds is 13. The third-order valence-corrected chi connectivity index (χ3v) is 7.14. The minimum absolute atomic E-state index is 0.127. The fourth-order valence-corrected chi connectivity index (χ4v) is 4.75. The van der Waals surface area contributed by atoms with Crippen molar-refractivity contribution < 1.29 is 14.3 Å². The van der Waals surface area contributed by atoms with Crippen LogP contribution < -0.4 is 9.47 Å². The first-order chi connectivity index (χ1) is 17.1. The molecular weight excluding hydrogens is 436 g/mol. The summed E-state index contributed by atoms with van der Waals surface area (Å²) in [6.45, 7) is 5.05. The van der Waals surface area contributed by atoms with E-state index in [4.69, 9.17) is 9.47 Å². The highest BCUT2D eigenvalue weighted by Gasteiger charge is 2.37. The van der Waals surface area contributed by atoms with Crippen molar-refractivity contribution in [2.75, 3.05) is 6.61 Å². The number of carbonyl (C=O) groups excluding carboxylic acids is 1. The number of hydrogen-bond acceptors (Lipinski definition) is 5. The van der Waals surface area contributed by atoms with Gasteiger partial charge in [0.05, 0.1) is 35.9 Å². The Morgan fingerprint density at radius 1 is 0.971 bits per heavy atom. The van der Waals surface area contributed by atoms with E-state index in [0.717, 1.165) is 68.4 Å². The zero-order chi connectivity index (χ0) is 24.9. The van der Waals surface area contributed by atoms with Crippen LogP contribution in [-0.4, -0.2) is 17.6 Å². The quantitative estimate of drug-likeness (QED) is 0.167. The van der Waals surface area contributed by atoms with Crippen LogP contribution in [0, 0.1) is 22.7 Å². The molecule has 1 aromatic carbocycles. The molecular formula is C30H40N2O3. The fraction of sp³-hybridized carbons (Fsp3) is 0.567. The lowest BCUT2D eigenvalue weighted by Gasteiger charge is -2.34. The van der Waals surface area contributed by atoms with Crippen molar-refractivity contribution in [3.8, 4) is 28.8 Å². The van der Waals surface area contributed by atoms with Crippen molar-refractivity contribution >= 4 is 5.97 Å². The second-order valence-electron chi connectivity index (χ2n) is 9.86. The number of esters is 1. The molecule has 3 rings (SSSR count). The number of ether oxygens (including phenoxy) is 2. The van der Waals surface area contributed by atoms with Gasteiger partial charge in [0, 0.05) is 5.56 Å². The highest BCUT2D eigenvalue weighted by Crippen LogP contribution is 2.42. The van der Waals surface area contributed by atoms with Gasteiger partial charge >= 0.3 is 5.97 Å². The smallest absolute Gasteiger partial charge is 0.314 e. The molecule has 0 atom stereocenters. The zero-order valence-electron chi connectivity index (χ0n) is 21.4. The molecule has 0 saturated heterocycles. The molecule has 0 amide bonds. The summed E-state index contributed by atoms with van der Waals surface area (Å²) in [5.41, 5.74) is 1.55. The molecule has 0 bridgehead atoms. The topological polar surface area (TPSA) is 72.2 Å². The predicted octanol–water partition coefficient (Wildman–Crippen LogP) is 7.89. The van der Waals surface area contributed by atoms with Gasteiger partial charge in [0.1, 0.15) is 11.5 Å². The number of hydrogen-bond donors (Lipinski definition) is 0. The SMILES string of the molecule is CCCCCCCC1(C#N)CCC(C(=O)Oc2ccc(-c3ccc(OCCCC)cn3)cc2)CC1. The lowest BCUT2D eigenvalue weighted by atomic mass is 9.69. The van der Waals surface area contributed by atoms with E-state index in [1.165, 1.54) is 25.7 Å². The number of aromatic nitrogens is 1. The summed E-state index contributed by atoms with van der Waals surface area (Å²) in [6.07, 6.45) is 13.9. The van der Waals surface area contributed by atoms with Crippen molar-refractivity contribution in [1.82, 2.24) is 4.98 Å². The van der Waals surface area contributed by atoms with Crippen LogP contribution in [0.15, 0.2) is 42.6 Å². The van der Waals surface area contributed by atoms with E-state index in [0.29, 0.717) is 12.4 Å². The Kier molecular flexibility index (Phi) is 10.6. The van der Waals surface area contributed by atoms with Crippen LogP contribution in [0.1, 0.15) is 90.9 Å². The Hall–Kier alpha value is -2.87. The Labute approximate surface area is 210 Å². The molecule has 5 nitrogen and oxygen atoms in total. The van der Waals surface area contributed by atoms with E-state index in [1.54, 1.807) is 6.20 Å². The van der Waals surface area contributed by atoms with Gasteiger partial charge < -0.3 is 9.47 Å². The average Bonchev–Trinajstić information content (AvgIpc) is 2.90. The Bertz CT molecular complexity index is 939. The molecule has 1 aliphatic rings. The van der Waals surface area contributed by atoms with Crippen LogP contribution in [0.4, 0.5) is 0 Å². The van der Waals surface area contributed by atoms with Crippen molar-refractivity contribution in [2.24, 2.45) is 11.3 Å². The minimum Gasteiger partial charge on any atom is -0.492 e. The van der Waals surface area contributed by atoms with Gasteiger partial charge in [-0.05, 0) is 74.9 Å². The minimum atomic E-state index is -0.256. The second-order valence-corrected chi connectivity index (χ2v) is 9.86. The Morgan fingerprint density at radius 3 is 2.29 bits per heavy atom. The van der Waals surface area contributed by atoms with E-state index in [9.17, 15) is 10.1 Å². The van der Waals surface area contributed by atoms with E-state index < -0.39 is 0 Å². The molecule has 1 heterocycles. The number of benzene rings is 1. The van der Waals surface area contributed by atoms with E-state index >= 15 is 0 Å². The second kappa shape index (κ2) is 13.9. The maximum Gasteiger partial charge on any atom is 0.314 e. The van der Waals surface area contributed by atoms with Gasteiger partial charge in [0.25, 0.3) is 0 Å². The van der Waals surface area contributed by atoms with Crippen molar-refractivity contribution in [2.45, 2.75) is 90.9 Å². The first-order valence-corrected chi connectivity index (χ1v) is 13.4. The first kappa shape index (κ1) is 26.7. The molecule has 0 spiro atoms. The monoisotopic (exact) mass is 476 g/mol. The molecule has 2 aromatic rings. The summed E-state index contributed by atoms with van der Waals surface area (Å²) < 4.78 is 11.4. The normalized spacial score (nSPS) is 19.6. The Morgan fingerprint density at radius 2 is 1.66 bits per heavy atom. The molecule has 0 N–H and O–H groups in total. The lowest BCUT2D eigenvalue weighted by molar-refractivity contribution is -0.140. The van der Waals surface area contributed by atoms with Crippen molar-refractivity contribution in [3.63, 3.8) is 0 Å². The number of unbranched alkanes of at least 4 members (excludes halogenated alkanes) is 5. The molecule has 188 valence electrons. The molecule has 1 fully saturated rings. The van der Waals surface area contributed by atoms with Crippen molar-refractivity contribution in [3.05, 3.63) is 42.6 Å². The highest BCUT2D eigenvalue weighted by molar-refractivity contribution is 5.75. The molecule has 1 aromatic heterocycles. The van der Waals surface area contributed by atoms with Gasteiger partial charge in [-0.25, -0.2) is 0 Å². The predicted molar refractivity (Wildman–Crippen MR) is 139 cm³/mol. The van der Waals surface area contributed by atoms with Gasteiger partial charge in [0.2, 0.25) is 0 Å². The highest BCUT2D eigenvalue weighted by atomic mass is 16.5. The standard InChI is InChI=1S/C30H40N2O3/c1-3-5-7-8-9-18-30(23-31)19-16-25(17-20-30)29(33)35-26-12-10-24(11-13-26)28-15-14-27(22-32-28)34-21-6-4-2/h10-15,22,25H,3-9,16-21H2,1-2H3. The molecule has 1 aliphatic carbocycles. The molecule has 0 unspecified atom stereocenters. The fourth-order valence-electron chi connectivity index (χ4n) is 4.75. The van der Waals surface area contributed by atoms with Crippen molar-refractivity contribution in [1.29, 1.82) is 5.26 Å². The third kappa shape index (κ3) is 8.09. The summed E-state index contributed by atoms with van der Waals surface area (Å²) in [4.78, 5) is 17.3. The lowest BCUT2D eigenvalue weighted by Crippen LogP contribution is -2.31. The third-order valence-electron chi connectivity index (χ3n) is 7.14. The summed E-state index contributed by atoms with van der Waals surface area (Å²) in [6, 6.07) is 13.9. The number of nitrogens with zero attached hydrogens (tertiary/aromatic N) is 2. The largest absolute Gasteiger partial charge is 0.492 e. The number of carbonyl (C=O) groups is 1.